The van der Waals surface area contributed by atoms with E-state index in [0.29, 0.717) is 49.9 Å². The summed E-state index contributed by atoms with van der Waals surface area (Å²) in [6.07, 6.45) is 2.13. The summed E-state index contributed by atoms with van der Waals surface area (Å²) >= 11 is 0. The summed E-state index contributed by atoms with van der Waals surface area (Å²) in [7, 11) is 0. The number of nitrogens with one attached hydrogen (secondary N) is 1. The number of ether oxygens (including phenoxy) is 3. The third-order valence-electron chi connectivity index (χ3n) is 7.44. The molecule has 10 heteroatoms. The van der Waals surface area contributed by atoms with E-state index in [4.69, 9.17) is 14.2 Å². The smallest absolute Gasteiger partial charge is 0.252 e. The number of H-pyrrole nitrogens is 1. The van der Waals surface area contributed by atoms with Crippen molar-refractivity contribution in [1.29, 1.82) is 0 Å². The maximum absolute atomic E-state index is 13.3. The van der Waals surface area contributed by atoms with Gasteiger partial charge in [-0.15, -0.1) is 5.10 Å². The van der Waals surface area contributed by atoms with Gasteiger partial charge in [0, 0.05) is 36.7 Å². The second kappa shape index (κ2) is 11.2. The van der Waals surface area contributed by atoms with Crippen molar-refractivity contribution in [2.45, 2.75) is 51.9 Å². The van der Waals surface area contributed by atoms with E-state index < -0.39 is 0 Å². The monoisotopic (exact) mass is 530 g/mol. The summed E-state index contributed by atoms with van der Waals surface area (Å²) < 4.78 is 19.4. The van der Waals surface area contributed by atoms with Gasteiger partial charge in [0.2, 0.25) is 0 Å². The fourth-order valence-corrected chi connectivity index (χ4v) is 5.63. The number of hydrogen-bond acceptors (Lipinski definition) is 8. The third-order valence-corrected chi connectivity index (χ3v) is 7.44. The summed E-state index contributed by atoms with van der Waals surface area (Å²) in [5.74, 6) is 2.32. The lowest BCUT2D eigenvalue weighted by molar-refractivity contribution is 0.0385. The normalized spacial score (nSPS) is 17.8. The first kappa shape index (κ1) is 25.5. The number of rotatable bonds is 9. The van der Waals surface area contributed by atoms with Crippen molar-refractivity contribution in [1.82, 2.24) is 30.1 Å². The molecular formula is C29H34N6O4. The molecule has 2 aliphatic rings. The Bertz CT molecular complexity index is 1480. The summed E-state index contributed by atoms with van der Waals surface area (Å²) in [4.78, 5) is 18.7. The Morgan fingerprint density at radius 3 is 2.62 bits per heavy atom. The number of fused-ring (bicyclic) bond motifs is 2. The van der Waals surface area contributed by atoms with Gasteiger partial charge in [-0.2, -0.15) is 0 Å². The Balaban J connectivity index is 1.36. The first-order valence-electron chi connectivity index (χ1n) is 13.7. The number of aromatic nitrogens is 5. The topological polar surface area (TPSA) is 107 Å². The van der Waals surface area contributed by atoms with Gasteiger partial charge in [-0.3, -0.25) is 9.69 Å². The number of pyridine rings is 1. The van der Waals surface area contributed by atoms with E-state index in [1.54, 1.807) is 0 Å². The van der Waals surface area contributed by atoms with Gasteiger partial charge < -0.3 is 19.2 Å². The van der Waals surface area contributed by atoms with Crippen LogP contribution in [0, 0.1) is 5.92 Å². The van der Waals surface area contributed by atoms with Crippen LogP contribution in [0.25, 0.3) is 10.9 Å². The minimum atomic E-state index is -0.122. The van der Waals surface area contributed by atoms with E-state index in [2.05, 4.69) is 51.4 Å². The first-order chi connectivity index (χ1) is 19.0. The Labute approximate surface area is 226 Å². The lowest BCUT2D eigenvalue weighted by atomic mass is 9.99. The number of tetrazole rings is 1. The maximum Gasteiger partial charge on any atom is 0.252 e. The van der Waals surface area contributed by atoms with Crippen LogP contribution < -0.4 is 15.0 Å². The summed E-state index contributed by atoms with van der Waals surface area (Å²) in [6.45, 7) is 7.80. The van der Waals surface area contributed by atoms with Crippen molar-refractivity contribution in [3.63, 3.8) is 0 Å². The highest BCUT2D eigenvalue weighted by Crippen LogP contribution is 2.34. The molecule has 1 N–H and O–H groups in total. The van der Waals surface area contributed by atoms with E-state index in [1.807, 2.05) is 41.1 Å². The fourth-order valence-electron chi connectivity index (χ4n) is 5.63. The Morgan fingerprint density at radius 2 is 1.87 bits per heavy atom. The highest BCUT2D eigenvalue weighted by Gasteiger charge is 2.32. The predicted octanol–water partition coefficient (Wildman–Crippen LogP) is 3.71. The van der Waals surface area contributed by atoms with Crippen molar-refractivity contribution < 1.29 is 14.2 Å². The molecule has 1 fully saturated rings. The van der Waals surface area contributed by atoms with E-state index in [-0.39, 0.29) is 23.6 Å². The van der Waals surface area contributed by atoms with Crippen LogP contribution in [0.3, 0.4) is 0 Å². The number of nitrogens with zero attached hydrogens (tertiary/aromatic N) is 5. The van der Waals surface area contributed by atoms with Crippen LogP contribution in [0.2, 0.25) is 0 Å². The zero-order valence-corrected chi connectivity index (χ0v) is 22.4. The van der Waals surface area contributed by atoms with Gasteiger partial charge in [-0.25, -0.2) is 4.68 Å². The van der Waals surface area contributed by atoms with Crippen molar-refractivity contribution >= 4 is 10.9 Å². The second-order valence-electron chi connectivity index (χ2n) is 10.6. The van der Waals surface area contributed by atoms with E-state index in [9.17, 15) is 4.79 Å². The van der Waals surface area contributed by atoms with Crippen LogP contribution in [-0.4, -0.2) is 62.6 Å². The molecule has 0 bridgehead atoms. The summed E-state index contributed by atoms with van der Waals surface area (Å²) in [5.41, 5.74) is 2.40. The number of aromatic amines is 1. The van der Waals surface area contributed by atoms with Gasteiger partial charge in [-0.1, -0.05) is 44.2 Å². The standard InChI is InChI=1S/C29H34N6O4/c1-19(2)27(28-31-32-33-35(28)16-20-7-4-3-5-8-20)34(18-23-9-6-10-37-23)17-22-13-21-14-25-26(39-12-11-38-25)15-24(21)30-29(22)36/h3-5,7-8,13-15,19,23,27H,6,9-12,16-18H2,1-2H3,(H,30,36)/t23-,27-/m0/s1. The largest absolute Gasteiger partial charge is 0.486 e. The van der Waals surface area contributed by atoms with Gasteiger partial charge in [0.1, 0.15) is 13.2 Å². The minimum Gasteiger partial charge on any atom is -0.486 e. The zero-order chi connectivity index (χ0) is 26.8. The van der Waals surface area contributed by atoms with Gasteiger partial charge >= 0.3 is 0 Å². The van der Waals surface area contributed by atoms with Gasteiger partial charge in [0.15, 0.2) is 17.3 Å². The predicted molar refractivity (Wildman–Crippen MR) is 146 cm³/mol. The van der Waals surface area contributed by atoms with Crippen LogP contribution in [0.5, 0.6) is 11.5 Å². The molecule has 0 radical (unpaired) electrons. The molecule has 0 spiro atoms. The molecule has 0 unspecified atom stereocenters. The molecule has 10 nitrogen and oxygen atoms in total. The van der Waals surface area contributed by atoms with E-state index in [1.165, 1.54) is 0 Å². The average Bonchev–Trinajstić information content (AvgIpc) is 3.61. The van der Waals surface area contributed by atoms with Crippen LogP contribution >= 0.6 is 0 Å². The van der Waals surface area contributed by atoms with Crippen LogP contribution in [0.4, 0.5) is 0 Å². The Kier molecular flexibility index (Phi) is 7.30. The second-order valence-corrected chi connectivity index (χ2v) is 10.6. The van der Waals surface area contributed by atoms with E-state index in [0.717, 1.165) is 41.7 Å². The molecule has 6 rings (SSSR count). The molecule has 4 heterocycles. The van der Waals surface area contributed by atoms with Crippen molar-refractivity contribution in [3.8, 4) is 11.5 Å². The zero-order valence-electron chi connectivity index (χ0n) is 22.4. The molecule has 0 saturated carbocycles. The molecule has 0 aliphatic carbocycles. The molecule has 1 saturated heterocycles. The lowest BCUT2D eigenvalue weighted by Crippen LogP contribution is -2.40. The van der Waals surface area contributed by atoms with Crippen molar-refractivity contribution in [3.05, 3.63) is 75.8 Å². The van der Waals surface area contributed by atoms with Crippen LogP contribution in [0.1, 0.15) is 49.7 Å². The maximum atomic E-state index is 13.3. The molecule has 2 aliphatic heterocycles. The molecule has 4 aromatic rings. The summed E-state index contributed by atoms with van der Waals surface area (Å²) in [6, 6.07) is 15.8. The quantitative estimate of drug-likeness (QED) is 0.349. The van der Waals surface area contributed by atoms with E-state index >= 15 is 0 Å². The summed E-state index contributed by atoms with van der Waals surface area (Å²) in [5, 5.41) is 13.8. The molecule has 204 valence electrons. The molecule has 2 aromatic carbocycles. The molecule has 39 heavy (non-hydrogen) atoms. The minimum absolute atomic E-state index is 0.0989. The van der Waals surface area contributed by atoms with Crippen molar-refractivity contribution in [2.24, 2.45) is 5.92 Å². The van der Waals surface area contributed by atoms with Gasteiger partial charge in [0.25, 0.3) is 5.56 Å². The molecule has 0 amide bonds. The lowest BCUT2D eigenvalue weighted by Gasteiger charge is -2.35. The SMILES string of the molecule is CC(C)[C@@H](c1nnnn1Cc1ccccc1)N(Cc1cc2cc3c(cc2[nH]c1=O)OCCO3)C[C@@H]1CCCO1. The third kappa shape index (κ3) is 5.53. The average molecular weight is 531 g/mol. The Morgan fingerprint density at radius 1 is 1.08 bits per heavy atom. The number of hydrogen-bond donors (Lipinski definition) is 1. The molecule has 2 atom stereocenters. The first-order valence-corrected chi connectivity index (χ1v) is 13.7. The molecular weight excluding hydrogens is 496 g/mol. The van der Waals surface area contributed by atoms with Gasteiger partial charge in [0.05, 0.1) is 24.2 Å². The number of benzene rings is 2. The van der Waals surface area contributed by atoms with Crippen molar-refractivity contribution in [2.75, 3.05) is 26.4 Å². The van der Waals surface area contributed by atoms with Crippen LogP contribution in [-0.2, 0) is 17.8 Å². The fraction of sp³-hybridized carbons (Fsp3) is 0.448. The molecule has 2 aromatic heterocycles. The highest BCUT2D eigenvalue weighted by molar-refractivity contribution is 5.83. The Hall–Kier alpha value is -3.76. The van der Waals surface area contributed by atoms with Gasteiger partial charge in [-0.05, 0) is 46.9 Å². The van der Waals surface area contributed by atoms with Crippen LogP contribution in [0.15, 0.2) is 53.3 Å². The highest BCUT2D eigenvalue weighted by atomic mass is 16.6.